The Morgan fingerprint density at radius 2 is 2.10 bits per heavy atom. The van der Waals surface area contributed by atoms with E-state index in [-0.39, 0.29) is 11.9 Å². The molecule has 2 heterocycles. The molecule has 1 saturated heterocycles. The molecule has 1 aromatic heterocycles. The molecule has 2 fully saturated rings. The predicted octanol–water partition coefficient (Wildman–Crippen LogP) is 1.94. The van der Waals surface area contributed by atoms with Crippen LogP contribution < -0.4 is 5.32 Å². The average molecular weight is 276 g/mol. The lowest BCUT2D eigenvalue weighted by Crippen LogP contribution is -2.51. The smallest absolute Gasteiger partial charge is 0.254 e. The SMILES string of the molecule is O=C(NC1CCCN(C2CCCCC2)C1)c1cn[nH]c1. The Labute approximate surface area is 120 Å². The maximum Gasteiger partial charge on any atom is 0.254 e. The molecule has 1 amide bonds. The molecule has 2 aliphatic rings. The van der Waals surface area contributed by atoms with Crippen LogP contribution in [0.15, 0.2) is 12.4 Å². The summed E-state index contributed by atoms with van der Waals surface area (Å²) in [7, 11) is 0. The van der Waals surface area contributed by atoms with E-state index in [1.54, 1.807) is 12.4 Å². The van der Waals surface area contributed by atoms with E-state index in [0.29, 0.717) is 5.56 Å². The first kappa shape index (κ1) is 13.6. The number of carbonyl (C=O) groups is 1. The van der Waals surface area contributed by atoms with E-state index in [9.17, 15) is 4.79 Å². The van der Waals surface area contributed by atoms with Crippen LogP contribution in [0.4, 0.5) is 0 Å². The van der Waals surface area contributed by atoms with Gasteiger partial charge in [-0.1, -0.05) is 19.3 Å². The average Bonchev–Trinajstić information content (AvgIpc) is 3.03. The second kappa shape index (κ2) is 6.39. The fourth-order valence-corrected chi connectivity index (χ4v) is 3.55. The molecule has 1 aliphatic carbocycles. The molecular weight excluding hydrogens is 252 g/mol. The second-order valence-corrected chi connectivity index (χ2v) is 6.09. The van der Waals surface area contributed by atoms with Crippen LogP contribution in [0.3, 0.4) is 0 Å². The zero-order valence-corrected chi connectivity index (χ0v) is 12.0. The Bertz CT molecular complexity index is 425. The minimum atomic E-state index is -0.00533. The fourth-order valence-electron chi connectivity index (χ4n) is 3.55. The molecule has 1 unspecified atom stereocenters. The molecule has 1 aliphatic heterocycles. The van der Waals surface area contributed by atoms with Gasteiger partial charge in [0.05, 0.1) is 11.8 Å². The second-order valence-electron chi connectivity index (χ2n) is 6.09. The molecule has 1 atom stereocenters. The number of nitrogens with zero attached hydrogens (tertiary/aromatic N) is 2. The third-order valence-electron chi connectivity index (χ3n) is 4.64. The summed E-state index contributed by atoms with van der Waals surface area (Å²) in [6.07, 6.45) is 12.3. The summed E-state index contributed by atoms with van der Waals surface area (Å²) >= 11 is 0. The first-order valence-corrected chi connectivity index (χ1v) is 7.86. The Hall–Kier alpha value is -1.36. The molecule has 110 valence electrons. The number of aromatic nitrogens is 2. The molecule has 2 N–H and O–H groups in total. The van der Waals surface area contributed by atoms with Gasteiger partial charge in [-0.05, 0) is 32.2 Å². The minimum absolute atomic E-state index is 0.00533. The molecule has 0 bridgehead atoms. The number of H-pyrrole nitrogens is 1. The highest BCUT2D eigenvalue weighted by molar-refractivity contribution is 5.93. The summed E-state index contributed by atoms with van der Waals surface area (Å²) in [5.41, 5.74) is 0.625. The number of hydrogen-bond acceptors (Lipinski definition) is 3. The van der Waals surface area contributed by atoms with Crippen LogP contribution in [0.2, 0.25) is 0 Å². The van der Waals surface area contributed by atoms with Crippen LogP contribution in [-0.2, 0) is 0 Å². The quantitative estimate of drug-likeness (QED) is 0.887. The van der Waals surface area contributed by atoms with Crippen molar-refractivity contribution in [1.29, 1.82) is 0 Å². The summed E-state index contributed by atoms with van der Waals surface area (Å²) < 4.78 is 0. The Balaban J connectivity index is 1.53. The van der Waals surface area contributed by atoms with Gasteiger partial charge in [0.25, 0.3) is 5.91 Å². The zero-order chi connectivity index (χ0) is 13.8. The van der Waals surface area contributed by atoms with Gasteiger partial charge < -0.3 is 5.32 Å². The van der Waals surface area contributed by atoms with Crippen molar-refractivity contribution in [2.24, 2.45) is 0 Å². The highest BCUT2D eigenvalue weighted by atomic mass is 16.1. The fraction of sp³-hybridized carbons (Fsp3) is 0.733. The van der Waals surface area contributed by atoms with Crippen molar-refractivity contribution >= 4 is 5.91 Å². The number of rotatable bonds is 3. The van der Waals surface area contributed by atoms with Crippen molar-refractivity contribution in [2.45, 2.75) is 57.0 Å². The lowest BCUT2D eigenvalue weighted by Gasteiger charge is -2.40. The van der Waals surface area contributed by atoms with Crippen molar-refractivity contribution < 1.29 is 4.79 Å². The summed E-state index contributed by atoms with van der Waals surface area (Å²) in [6, 6.07) is 1.03. The molecule has 0 radical (unpaired) electrons. The molecule has 1 aromatic rings. The van der Waals surface area contributed by atoms with Crippen LogP contribution in [0.1, 0.15) is 55.3 Å². The maximum absolute atomic E-state index is 12.1. The van der Waals surface area contributed by atoms with Gasteiger partial charge >= 0.3 is 0 Å². The molecule has 1 saturated carbocycles. The van der Waals surface area contributed by atoms with E-state index >= 15 is 0 Å². The van der Waals surface area contributed by atoms with Gasteiger partial charge in [0.1, 0.15) is 0 Å². The Morgan fingerprint density at radius 1 is 1.25 bits per heavy atom. The summed E-state index contributed by atoms with van der Waals surface area (Å²) in [5.74, 6) is -0.00533. The van der Waals surface area contributed by atoms with Crippen molar-refractivity contribution in [3.05, 3.63) is 18.0 Å². The van der Waals surface area contributed by atoms with E-state index in [4.69, 9.17) is 0 Å². The number of hydrogen-bond donors (Lipinski definition) is 2. The van der Waals surface area contributed by atoms with Crippen LogP contribution in [0.25, 0.3) is 0 Å². The van der Waals surface area contributed by atoms with Gasteiger partial charge in [-0.15, -0.1) is 0 Å². The lowest BCUT2D eigenvalue weighted by molar-refractivity contribution is 0.0835. The molecule has 3 rings (SSSR count). The van der Waals surface area contributed by atoms with Crippen LogP contribution in [0, 0.1) is 0 Å². The van der Waals surface area contributed by atoms with Gasteiger partial charge in [-0.3, -0.25) is 14.8 Å². The Morgan fingerprint density at radius 3 is 2.85 bits per heavy atom. The molecule has 0 aromatic carbocycles. The Kier molecular flexibility index (Phi) is 4.35. The third kappa shape index (κ3) is 3.20. The van der Waals surface area contributed by atoms with Crippen LogP contribution >= 0.6 is 0 Å². The lowest BCUT2D eigenvalue weighted by atomic mass is 9.92. The van der Waals surface area contributed by atoms with Gasteiger partial charge in [0.2, 0.25) is 0 Å². The van der Waals surface area contributed by atoms with E-state index in [2.05, 4.69) is 20.4 Å². The first-order valence-electron chi connectivity index (χ1n) is 7.86. The number of aromatic amines is 1. The van der Waals surface area contributed by atoms with E-state index < -0.39 is 0 Å². The van der Waals surface area contributed by atoms with Gasteiger partial charge in [0, 0.05) is 24.8 Å². The number of nitrogens with one attached hydrogen (secondary N) is 2. The largest absolute Gasteiger partial charge is 0.348 e. The highest BCUT2D eigenvalue weighted by Crippen LogP contribution is 2.25. The van der Waals surface area contributed by atoms with Gasteiger partial charge in [-0.2, -0.15) is 5.10 Å². The van der Waals surface area contributed by atoms with Crippen molar-refractivity contribution in [3.63, 3.8) is 0 Å². The summed E-state index contributed by atoms with van der Waals surface area (Å²) in [6.45, 7) is 2.21. The van der Waals surface area contributed by atoms with E-state index in [1.165, 1.54) is 45.1 Å². The number of amides is 1. The van der Waals surface area contributed by atoms with E-state index in [1.807, 2.05) is 0 Å². The first-order chi connectivity index (χ1) is 9.83. The van der Waals surface area contributed by atoms with Gasteiger partial charge in [0.15, 0.2) is 0 Å². The summed E-state index contributed by atoms with van der Waals surface area (Å²) in [4.78, 5) is 14.7. The zero-order valence-electron chi connectivity index (χ0n) is 12.0. The van der Waals surface area contributed by atoms with E-state index in [0.717, 1.165) is 19.0 Å². The number of likely N-dealkylation sites (tertiary alicyclic amines) is 1. The van der Waals surface area contributed by atoms with Crippen molar-refractivity contribution in [1.82, 2.24) is 20.4 Å². The summed E-state index contributed by atoms with van der Waals surface area (Å²) in [5, 5.41) is 9.67. The maximum atomic E-state index is 12.1. The minimum Gasteiger partial charge on any atom is -0.348 e. The van der Waals surface area contributed by atoms with Crippen molar-refractivity contribution in [2.75, 3.05) is 13.1 Å². The molecule has 0 spiro atoms. The van der Waals surface area contributed by atoms with Crippen molar-refractivity contribution in [3.8, 4) is 0 Å². The highest BCUT2D eigenvalue weighted by Gasteiger charge is 2.27. The number of carbonyl (C=O) groups excluding carboxylic acids is 1. The number of piperidine rings is 1. The molecule has 5 heteroatoms. The van der Waals surface area contributed by atoms with Gasteiger partial charge in [-0.25, -0.2) is 0 Å². The standard InChI is InChI=1S/C15H24N4O/c20-15(12-9-16-17-10-12)18-13-5-4-8-19(11-13)14-6-2-1-3-7-14/h9-10,13-14H,1-8,11H2,(H,16,17)(H,18,20). The topological polar surface area (TPSA) is 61.0 Å². The third-order valence-corrected chi connectivity index (χ3v) is 4.64. The molecule has 5 nitrogen and oxygen atoms in total. The molecular formula is C15H24N4O. The predicted molar refractivity (Wildman–Crippen MR) is 77.5 cm³/mol. The molecule has 20 heavy (non-hydrogen) atoms. The monoisotopic (exact) mass is 276 g/mol. The van der Waals surface area contributed by atoms with Crippen LogP contribution in [-0.4, -0.2) is 46.2 Å². The van der Waals surface area contributed by atoms with Crippen LogP contribution in [0.5, 0.6) is 0 Å². The normalized spacial score (nSPS) is 25.5.